The molecule has 3 heterocycles. The number of thioether (sulfide) groups is 1. The van der Waals surface area contributed by atoms with E-state index in [9.17, 15) is 0 Å². The van der Waals surface area contributed by atoms with Crippen molar-refractivity contribution in [3.63, 3.8) is 0 Å². The van der Waals surface area contributed by atoms with E-state index in [-0.39, 0.29) is 0 Å². The van der Waals surface area contributed by atoms with Crippen molar-refractivity contribution in [1.29, 1.82) is 0 Å². The Morgan fingerprint density at radius 2 is 2.24 bits per heavy atom. The molecule has 21 heavy (non-hydrogen) atoms. The summed E-state index contributed by atoms with van der Waals surface area (Å²) in [5, 5.41) is 3.90. The molecule has 4 atom stereocenters. The molecule has 4 heteroatoms. The van der Waals surface area contributed by atoms with Crippen LogP contribution >= 0.6 is 11.8 Å². The summed E-state index contributed by atoms with van der Waals surface area (Å²) < 4.78 is 11.4. The number of benzene rings is 1. The molecule has 0 aliphatic carbocycles. The van der Waals surface area contributed by atoms with Crippen LogP contribution in [0.2, 0.25) is 0 Å². The van der Waals surface area contributed by atoms with E-state index >= 15 is 0 Å². The summed E-state index contributed by atoms with van der Waals surface area (Å²) in [6.07, 6.45) is 7.11. The van der Waals surface area contributed by atoms with Crippen molar-refractivity contribution >= 4 is 11.8 Å². The van der Waals surface area contributed by atoms with Crippen molar-refractivity contribution in [1.82, 2.24) is 5.32 Å². The fourth-order valence-corrected chi connectivity index (χ4v) is 4.99. The second kappa shape index (κ2) is 5.82. The van der Waals surface area contributed by atoms with E-state index in [1.165, 1.54) is 48.3 Å². The molecule has 114 valence electrons. The smallest absolute Gasteiger partial charge is 0.119 e. The number of nitrogens with one attached hydrogen (secondary N) is 1. The lowest BCUT2D eigenvalue weighted by Gasteiger charge is -2.27. The van der Waals surface area contributed by atoms with Crippen LogP contribution in [0.5, 0.6) is 5.75 Å². The van der Waals surface area contributed by atoms with E-state index in [0.717, 1.165) is 5.75 Å². The summed E-state index contributed by atoms with van der Waals surface area (Å²) >= 11 is 1.98. The third-order valence-electron chi connectivity index (χ3n) is 5.01. The second-order valence-electron chi connectivity index (χ2n) is 6.33. The van der Waals surface area contributed by atoms with Crippen molar-refractivity contribution in [2.75, 3.05) is 12.9 Å². The van der Waals surface area contributed by atoms with E-state index in [0.29, 0.717) is 24.3 Å². The van der Waals surface area contributed by atoms with Crippen LogP contribution in [-0.4, -0.2) is 31.1 Å². The molecule has 4 rings (SSSR count). The fourth-order valence-electron chi connectivity index (χ4n) is 3.93. The third kappa shape index (κ3) is 2.69. The molecule has 3 aliphatic rings. The zero-order valence-corrected chi connectivity index (χ0v) is 13.3. The van der Waals surface area contributed by atoms with Crippen molar-refractivity contribution in [3.05, 3.63) is 23.8 Å². The predicted molar refractivity (Wildman–Crippen MR) is 85.1 cm³/mol. The number of hydrogen-bond donors (Lipinski definition) is 1. The first-order valence-electron chi connectivity index (χ1n) is 8.06. The summed E-state index contributed by atoms with van der Waals surface area (Å²) in [6, 6.07) is 7.50. The highest BCUT2D eigenvalue weighted by molar-refractivity contribution is 7.99. The van der Waals surface area contributed by atoms with Gasteiger partial charge < -0.3 is 14.8 Å². The summed E-state index contributed by atoms with van der Waals surface area (Å²) in [7, 11) is 1.75. The minimum absolute atomic E-state index is 0.443. The summed E-state index contributed by atoms with van der Waals surface area (Å²) in [6.45, 7) is 0. The Hall–Kier alpha value is -0.710. The fraction of sp³-hybridized carbons (Fsp3) is 0.647. The summed E-state index contributed by atoms with van der Waals surface area (Å²) in [5.41, 5.74) is 1.42. The first kappa shape index (κ1) is 13.9. The zero-order chi connectivity index (χ0) is 14.2. The Morgan fingerprint density at radius 3 is 3.00 bits per heavy atom. The Kier molecular flexibility index (Phi) is 3.86. The average Bonchev–Trinajstić information content (AvgIpc) is 3.07. The number of hydrogen-bond acceptors (Lipinski definition) is 4. The molecule has 1 aromatic rings. The third-order valence-corrected chi connectivity index (χ3v) is 6.18. The molecule has 0 spiro atoms. The zero-order valence-electron chi connectivity index (χ0n) is 12.5. The predicted octanol–water partition coefficient (Wildman–Crippen LogP) is 3.53. The van der Waals surface area contributed by atoms with Gasteiger partial charge in [-0.1, -0.05) is 0 Å². The van der Waals surface area contributed by atoms with Gasteiger partial charge in [0, 0.05) is 17.0 Å². The molecule has 2 fully saturated rings. The van der Waals surface area contributed by atoms with Crippen LogP contribution < -0.4 is 10.1 Å². The van der Waals surface area contributed by atoms with Crippen LogP contribution in [0.3, 0.4) is 0 Å². The maximum Gasteiger partial charge on any atom is 0.119 e. The highest BCUT2D eigenvalue weighted by atomic mass is 32.2. The van der Waals surface area contributed by atoms with Gasteiger partial charge in [-0.25, -0.2) is 0 Å². The van der Waals surface area contributed by atoms with Crippen molar-refractivity contribution in [3.8, 4) is 5.75 Å². The standard InChI is InChI=1S/C17H23NO2S/c1-19-11-5-7-17-13(9-11)14(3-2-8-21-17)18-15-10-12-4-6-16(15)20-12/h5,7,9,12,14-16,18H,2-4,6,8,10H2,1H3/t12-,14-,15+,16-/m1/s1. The molecule has 0 radical (unpaired) electrons. The lowest BCUT2D eigenvalue weighted by atomic mass is 9.93. The highest BCUT2D eigenvalue weighted by Gasteiger charge is 2.41. The quantitative estimate of drug-likeness (QED) is 0.925. The highest BCUT2D eigenvalue weighted by Crippen LogP contribution is 2.40. The van der Waals surface area contributed by atoms with Gasteiger partial charge >= 0.3 is 0 Å². The van der Waals surface area contributed by atoms with E-state index in [1.807, 2.05) is 11.8 Å². The van der Waals surface area contributed by atoms with Gasteiger partial charge in [-0.2, -0.15) is 0 Å². The van der Waals surface area contributed by atoms with E-state index in [1.54, 1.807) is 7.11 Å². The maximum atomic E-state index is 6.00. The van der Waals surface area contributed by atoms with Crippen LogP contribution in [0.25, 0.3) is 0 Å². The van der Waals surface area contributed by atoms with E-state index < -0.39 is 0 Å². The molecular formula is C17H23NO2S. The molecule has 0 aromatic heterocycles. The summed E-state index contributed by atoms with van der Waals surface area (Å²) in [5.74, 6) is 2.18. The molecule has 3 nitrogen and oxygen atoms in total. The lowest BCUT2D eigenvalue weighted by Crippen LogP contribution is -2.39. The normalized spacial score (nSPS) is 34.5. The number of methoxy groups -OCH3 is 1. The van der Waals surface area contributed by atoms with Gasteiger partial charge in [-0.15, -0.1) is 11.8 Å². The molecule has 0 amide bonds. The molecule has 2 bridgehead atoms. The molecule has 1 N–H and O–H groups in total. The maximum absolute atomic E-state index is 6.00. The van der Waals surface area contributed by atoms with Gasteiger partial charge in [-0.05, 0) is 61.6 Å². The SMILES string of the molecule is COc1ccc2c(c1)[C@H](N[C@H]1C[C@H]3CC[C@H]1O3)CCCS2. The largest absolute Gasteiger partial charge is 0.497 e. The van der Waals surface area contributed by atoms with E-state index in [4.69, 9.17) is 9.47 Å². The second-order valence-corrected chi connectivity index (χ2v) is 7.47. The molecular weight excluding hydrogens is 282 g/mol. The van der Waals surface area contributed by atoms with Gasteiger partial charge in [0.05, 0.1) is 19.3 Å². The molecule has 1 aromatic carbocycles. The monoisotopic (exact) mass is 305 g/mol. The molecule has 2 saturated heterocycles. The molecule has 0 saturated carbocycles. The Labute approximate surface area is 130 Å². The van der Waals surface area contributed by atoms with Gasteiger partial charge in [0.15, 0.2) is 0 Å². The lowest BCUT2D eigenvalue weighted by molar-refractivity contribution is 0.0957. The van der Waals surface area contributed by atoms with Crippen LogP contribution in [0.4, 0.5) is 0 Å². The number of fused-ring (bicyclic) bond motifs is 3. The van der Waals surface area contributed by atoms with Crippen LogP contribution in [-0.2, 0) is 4.74 Å². The van der Waals surface area contributed by atoms with Crippen LogP contribution in [0, 0.1) is 0 Å². The van der Waals surface area contributed by atoms with Gasteiger partial charge in [-0.3, -0.25) is 0 Å². The topological polar surface area (TPSA) is 30.5 Å². The van der Waals surface area contributed by atoms with Gasteiger partial charge in [0.25, 0.3) is 0 Å². The van der Waals surface area contributed by atoms with E-state index in [2.05, 4.69) is 23.5 Å². The summed E-state index contributed by atoms with van der Waals surface area (Å²) in [4.78, 5) is 1.41. The van der Waals surface area contributed by atoms with Crippen LogP contribution in [0.1, 0.15) is 43.7 Å². The Morgan fingerprint density at radius 1 is 1.29 bits per heavy atom. The first-order chi connectivity index (χ1) is 10.3. The van der Waals surface area contributed by atoms with Crippen LogP contribution in [0.15, 0.2) is 23.1 Å². The minimum Gasteiger partial charge on any atom is -0.497 e. The number of rotatable bonds is 3. The van der Waals surface area contributed by atoms with Gasteiger partial charge in [0.1, 0.15) is 5.75 Å². The van der Waals surface area contributed by atoms with Crippen molar-refractivity contribution in [2.45, 2.75) is 61.3 Å². The van der Waals surface area contributed by atoms with Gasteiger partial charge in [0.2, 0.25) is 0 Å². The van der Waals surface area contributed by atoms with Crippen molar-refractivity contribution < 1.29 is 9.47 Å². The average molecular weight is 305 g/mol. The molecule has 0 unspecified atom stereocenters. The Bertz CT molecular complexity index is 522. The minimum atomic E-state index is 0.443. The Balaban J connectivity index is 1.57. The number of ether oxygens (including phenoxy) is 2. The van der Waals surface area contributed by atoms with Crippen molar-refractivity contribution in [2.24, 2.45) is 0 Å². The first-order valence-corrected chi connectivity index (χ1v) is 9.04. The molecule has 3 aliphatic heterocycles.